The average molecular weight is 360 g/mol. The molecule has 0 aromatic heterocycles. The second kappa shape index (κ2) is 8.43. The lowest BCUT2D eigenvalue weighted by atomic mass is 10.0. The predicted octanol–water partition coefficient (Wildman–Crippen LogP) is 2.61. The Morgan fingerprint density at radius 1 is 1.04 bits per heavy atom. The van der Waals surface area contributed by atoms with Gasteiger partial charge in [-0.2, -0.15) is 0 Å². The van der Waals surface area contributed by atoms with Crippen LogP contribution in [0.4, 0.5) is 5.69 Å². The third-order valence-corrected chi connectivity index (χ3v) is 5.24. The molecule has 0 bridgehead atoms. The van der Waals surface area contributed by atoms with Crippen molar-refractivity contribution in [3.8, 4) is 5.75 Å². The third kappa shape index (κ3) is 4.11. The minimum absolute atomic E-state index is 0.0809. The Balaban J connectivity index is 1.66. The van der Waals surface area contributed by atoms with Gasteiger partial charge in [-0.05, 0) is 63.3 Å². The molecule has 0 unspecified atom stereocenters. The van der Waals surface area contributed by atoms with Gasteiger partial charge >= 0.3 is 5.97 Å². The van der Waals surface area contributed by atoms with Crippen LogP contribution in [0.2, 0.25) is 0 Å². The van der Waals surface area contributed by atoms with E-state index in [9.17, 15) is 9.59 Å². The smallest absolute Gasteiger partial charge is 0.329 e. The fourth-order valence-electron chi connectivity index (χ4n) is 3.76. The summed E-state index contributed by atoms with van der Waals surface area (Å²) in [5.74, 6) is 0.401. The number of esters is 1. The largest absolute Gasteiger partial charge is 0.497 e. The van der Waals surface area contributed by atoms with Crippen LogP contribution in [0.15, 0.2) is 24.3 Å². The number of nitrogens with zero attached hydrogens (tertiary/aromatic N) is 2. The number of anilines is 1. The molecule has 2 saturated heterocycles. The molecule has 0 saturated carbocycles. The molecule has 2 heterocycles. The highest BCUT2D eigenvalue weighted by atomic mass is 16.5. The van der Waals surface area contributed by atoms with Crippen LogP contribution in [-0.2, 0) is 14.3 Å². The number of hydrogen-bond acceptors (Lipinski definition) is 5. The summed E-state index contributed by atoms with van der Waals surface area (Å²) in [6.45, 7) is 4.02. The van der Waals surface area contributed by atoms with Gasteiger partial charge in [0.05, 0.1) is 7.11 Å². The van der Waals surface area contributed by atoms with E-state index in [2.05, 4.69) is 4.90 Å². The number of hydrogen-bond donors (Lipinski definition) is 0. The fraction of sp³-hybridized carbons (Fsp3) is 0.600. The van der Waals surface area contributed by atoms with Crippen molar-refractivity contribution in [3.05, 3.63) is 24.3 Å². The van der Waals surface area contributed by atoms with E-state index in [1.54, 1.807) is 18.9 Å². The zero-order chi connectivity index (χ0) is 18.5. The zero-order valence-electron chi connectivity index (χ0n) is 15.6. The first-order valence-corrected chi connectivity index (χ1v) is 9.50. The van der Waals surface area contributed by atoms with E-state index in [0.29, 0.717) is 0 Å². The van der Waals surface area contributed by atoms with E-state index in [1.807, 2.05) is 24.3 Å². The number of rotatable bonds is 5. The summed E-state index contributed by atoms with van der Waals surface area (Å²) >= 11 is 0. The van der Waals surface area contributed by atoms with Gasteiger partial charge in [0.1, 0.15) is 11.8 Å². The predicted molar refractivity (Wildman–Crippen MR) is 99.3 cm³/mol. The number of ether oxygens (including phenoxy) is 2. The van der Waals surface area contributed by atoms with Crippen molar-refractivity contribution in [2.24, 2.45) is 0 Å². The normalized spacial score (nSPS) is 21.4. The molecule has 26 heavy (non-hydrogen) atoms. The number of amides is 1. The molecule has 1 amide bonds. The molecule has 0 radical (unpaired) electrons. The maximum atomic E-state index is 12.8. The Bertz CT molecular complexity index is 625. The summed E-state index contributed by atoms with van der Waals surface area (Å²) in [5.41, 5.74) is 0.978. The summed E-state index contributed by atoms with van der Waals surface area (Å²) in [5, 5.41) is 0. The van der Waals surface area contributed by atoms with Crippen molar-refractivity contribution in [2.45, 2.75) is 51.2 Å². The lowest BCUT2D eigenvalue weighted by Gasteiger charge is -2.36. The molecular formula is C20H28N2O4. The second-order valence-electron chi connectivity index (χ2n) is 7.01. The summed E-state index contributed by atoms with van der Waals surface area (Å²) in [6.07, 6.45) is 4.11. The lowest BCUT2D eigenvalue weighted by Crippen LogP contribution is -2.48. The number of piperidine rings is 1. The Hall–Kier alpha value is -2.24. The number of likely N-dealkylation sites (tertiary alicyclic amines) is 1. The van der Waals surface area contributed by atoms with E-state index < -0.39 is 6.10 Å². The highest BCUT2D eigenvalue weighted by Gasteiger charge is 2.33. The molecule has 2 aliphatic rings. The van der Waals surface area contributed by atoms with Crippen molar-refractivity contribution >= 4 is 17.6 Å². The summed E-state index contributed by atoms with van der Waals surface area (Å²) in [6, 6.07) is 7.37. The Kier molecular flexibility index (Phi) is 6.01. The van der Waals surface area contributed by atoms with Crippen molar-refractivity contribution in [1.82, 2.24) is 4.90 Å². The third-order valence-electron chi connectivity index (χ3n) is 5.24. The van der Waals surface area contributed by atoms with E-state index in [1.165, 1.54) is 0 Å². The molecule has 2 fully saturated rings. The van der Waals surface area contributed by atoms with Crippen LogP contribution in [-0.4, -0.2) is 55.7 Å². The van der Waals surface area contributed by atoms with E-state index in [-0.39, 0.29) is 17.9 Å². The number of carbonyl (C=O) groups is 2. The first-order chi connectivity index (χ1) is 12.6. The second-order valence-corrected chi connectivity index (χ2v) is 7.01. The maximum absolute atomic E-state index is 12.8. The lowest BCUT2D eigenvalue weighted by molar-refractivity contribution is -0.160. The first kappa shape index (κ1) is 18.5. The van der Waals surface area contributed by atoms with Crippen molar-refractivity contribution in [3.63, 3.8) is 0 Å². The Morgan fingerprint density at radius 2 is 1.69 bits per heavy atom. The number of carbonyl (C=O) groups excluding carboxylic acids is 2. The van der Waals surface area contributed by atoms with Crippen LogP contribution in [0.1, 0.15) is 39.0 Å². The van der Waals surface area contributed by atoms with Gasteiger partial charge in [-0.15, -0.1) is 0 Å². The monoisotopic (exact) mass is 360 g/mol. The Labute approximate surface area is 155 Å². The van der Waals surface area contributed by atoms with Crippen LogP contribution < -0.4 is 9.64 Å². The highest BCUT2D eigenvalue weighted by molar-refractivity contribution is 5.86. The Morgan fingerprint density at radius 3 is 2.35 bits per heavy atom. The van der Waals surface area contributed by atoms with E-state index >= 15 is 0 Å². The van der Waals surface area contributed by atoms with Gasteiger partial charge in [-0.25, -0.2) is 4.79 Å². The van der Waals surface area contributed by atoms with Gasteiger partial charge in [-0.1, -0.05) is 0 Å². The van der Waals surface area contributed by atoms with Crippen LogP contribution in [0, 0.1) is 0 Å². The molecule has 0 N–H and O–H groups in total. The van der Waals surface area contributed by atoms with E-state index in [0.717, 1.165) is 63.2 Å². The van der Waals surface area contributed by atoms with Crippen molar-refractivity contribution < 1.29 is 19.1 Å². The fourth-order valence-corrected chi connectivity index (χ4v) is 3.76. The molecule has 0 spiro atoms. The topological polar surface area (TPSA) is 59.1 Å². The van der Waals surface area contributed by atoms with Gasteiger partial charge in [0.25, 0.3) is 5.91 Å². The van der Waals surface area contributed by atoms with Crippen LogP contribution >= 0.6 is 0 Å². The molecular weight excluding hydrogens is 332 g/mol. The molecule has 1 aromatic carbocycles. The summed E-state index contributed by atoms with van der Waals surface area (Å²) < 4.78 is 10.8. The highest BCUT2D eigenvalue weighted by Crippen LogP contribution is 2.27. The molecule has 2 atom stereocenters. The molecule has 6 nitrogen and oxygen atoms in total. The van der Waals surface area contributed by atoms with Gasteiger partial charge in [0.2, 0.25) is 0 Å². The van der Waals surface area contributed by atoms with Crippen LogP contribution in [0.25, 0.3) is 0 Å². The van der Waals surface area contributed by atoms with Gasteiger partial charge in [0.15, 0.2) is 6.10 Å². The first-order valence-electron chi connectivity index (χ1n) is 9.50. The van der Waals surface area contributed by atoms with Crippen LogP contribution in [0.5, 0.6) is 5.75 Å². The standard InChI is InChI=1S/C20H28N2O4/c1-15(19(23)21-12-5-6-13-21)26-20(24)18-7-3-4-14-22(18)16-8-10-17(25-2)11-9-16/h8-11,15,18H,3-7,12-14H2,1-2H3/t15-,18+/m0/s1. The maximum Gasteiger partial charge on any atom is 0.329 e. The van der Waals surface area contributed by atoms with Gasteiger partial charge < -0.3 is 19.3 Å². The summed E-state index contributed by atoms with van der Waals surface area (Å²) in [4.78, 5) is 29.1. The molecule has 0 aliphatic carbocycles. The molecule has 2 aliphatic heterocycles. The molecule has 1 aromatic rings. The number of methoxy groups -OCH3 is 1. The minimum atomic E-state index is -0.722. The minimum Gasteiger partial charge on any atom is -0.497 e. The SMILES string of the molecule is COc1ccc(N2CCCC[C@@H]2C(=O)O[C@@H](C)C(=O)N2CCCC2)cc1. The molecule has 3 rings (SSSR count). The van der Waals surface area contributed by atoms with Crippen molar-refractivity contribution in [2.75, 3.05) is 31.6 Å². The van der Waals surface area contributed by atoms with Crippen LogP contribution in [0.3, 0.4) is 0 Å². The van der Waals surface area contributed by atoms with Gasteiger partial charge in [-0.3, -0.25) is 4.79 Å². The van der Waals surface area contributed by atoms with Gasteiger partial charge in [0, 0.05) is 25.3 Å². The molecule has 142 valence electrons. The average Bonchev–Trinajstić information content (AvgIpc) is 3.22. The van der Waals surface area contributed by atoms with Crippen molar-refractivity contribution in [1.29, 1.82) is 0 Å². The summed E-state index contributed by atoms with van der Waals surface area (Å²) in [7, 11) is 1.63. The quantitative estimate of drug-likeness (QED) is 0.756. The molecule has 6 heteroatoms. The van der Waals surface area contributed by atoms with E-state index in [4.69, 9.17) is 9.47 Å². The zero-order valence-corrected chi connectivity index (χ0v) is 15.6. The number of benzene rings is 1.